The molecule has 0 unspecified atom stereocenters. The van der Waals surface area contributed by atoms with Crippen molar-refractivity contribution in [2.75, 3.05) is 7.11 Å². The molecule has 0 radical (unpaired) electrons. The van der Waals surface area contributed by atoms with Crippen molar-refractivity contribution in [1.82, 2.24) is 19.3 Å². The van der Waals surface area contributed by atoms with Crippen LogP contribution in [0.3, 0.4) is 0 Å². The van der Waals surface area contributed by atoms with E-state index >= 15 is 0 Å². The van der Waals surface area contributed by atoms with Gasteiger partial charge in [0.05, 0.1) is 12.8 Å². The van der Waals surface area contributed by atoms with E-state index < -0.39 is 0 Å². The molecule has 3 aromatic heterocycles. The van der Waals surface area contributed by atoms with Gasteiger partial charge in [0.1, 0.15) is 11.6 Å². The summed E-state index contributed by atoms with van der Waals surface area (Å²) in [5, 5.41) is 7.17. The number of methoxy groups -OCH3 is 1. The maximum atomic E-state index is 6.41. The maximum absolute atomic E-state index is 6.41. The molecular formula is C40H36N4O2Pt. The number of aromatic nitrogens is 4. The smallest absolute Gasteiger partial charge is 0.509 e. The van der Waals surface area contributed by atoms with Crippen LogP contribution in [0.5, 0.6) is 17.2 Å². The SMILES string of the molecule is COc1ccnc(-n2c3[c-]c(Oc4[c-]c(-n5nc(C)c(-c6c(C)c(C)c(C)c(C)c6C)c5C)ccc4)ccc3c3ccccc32)c1.[Pt+2]. The number of hydrogen-bond donors (Lipinski definition) is 0. The van der Waals surface area contributed by atoms with Crippen LogP contribution in [0, 0.1) is 60.6 Å². The summed E-state index contributed by atoms with van der Waals surface area (Å²) in [5.74, 6) is 2.65. The van der Waals surface area contributed by atoms with Gasteiger partial charge in [-0.15, -0.1) is 35.7 Å². The van der Waals surface area contributed by atoms with Crippen molar-refractivity contribution in [3.05, 3.63) is 124 Å². The summed E-state index contributed by atoms with van der Waals surface area (Å²) in [4.78, 5) is 4.66. The Morgan fingerprint density at radius 2 is 1.38 bits per heavy atom. The van der Waals surface area contributed by atoms with E-state index in [2.05, 4.69) is 88.3 Å². The average molecular weight is 800 g/mol. The zero-order valence-corrected chi connectivity index (χ0v) is 30.1. The third kappa shape index (κ3) is 5.35. The van der Waals surface area contributed by atoms with Crippen molar-refractivity contribution in [1.29, 1.82) is 0 Å². The molecule has 3 heterocycles. The molecule has 238 valence electrons. The molecule has 0 bridgehead atoms. The predicted molar refractivity (Wildman–Crippen MR) is 185 cm³/mol. The molecule has 0 atom stereocenters. The minimum Gasteiger partial charge on any atom is -0.509 e. The Morgan fingerprint density at radius 1 is 0.681 bits per heavy atom. The van der Waals surface area contributed by atoms with E-state index in [1.807, 2.05) is 53.2 Å². The summed E-state index contributed by atoms with van der Waals surface area (Å²) >= 11 is 0. The van der Waals surface area contributed by atoms with E-state index in [9.17, 15) is 0 Å². The van der Waals surface area contributed by atoms with Crippen LogP contribution in [-0.2, 0) is 21.1 Å². The van der Waals surface area contributed by atoms with E-state index in [0.717, 1.165) is 50.4 Å². The number of nitrogens with zero attached hydrogens (tertiary/aromatic N) is 4. The van der Waals surface area contributed by atoms with Gasteiger partial charge in [-0.2, -0.15) is 17.2 Å². The van der Waals surface area contributed by atoms with Gasteiger partial charge in [0.15, 0.2) is 0 Å². The quantitative estimate of drug-likeness (QED) is 0.157. The van der Waals surface area contributed by atoms with Gasteiger partial charge in [-0.05, 0) is 105 Å². The van der Waals surface area contributed by atoms with Crippen LogP contribution in [0.2, 0.25) is 0 Å². The van der Waals surface area contributed by atoms with E-state index in [-0.39, 0.29) is 21.1 Å². The largest absolute Gasteiger partial charge is 2.00 e. The minimum atomic E-state index is 0. The molecule has 4 aromatic carbocycles. The minimum absolute atomic E-state index is 0. The molecule has 7 heteroatoms. The first-order valence-corrected chi connectivity index (χ1v) is 15.5. The standard InChI is InChI=1S/C40H36N4O2.Pt/c1-23-24(2)26(4)39(27(5)25(23)3)40-28(6)42-44(29(40)7)30-12-11-13-32(20-30)46-33-16-17-35-34-14-9-10-15-36(34)43(37(35)21-33)38-22-31(45-8)18-19-41-38;/h9-19,22H,1-8H3;/q-2;+2. The van der Waals surface area contributed by atoms with Gasteiger partial charge >= 0.3 is 21.1 Å². The third-order valence-corrected chi connectivity index (χ3v) is 9.48. The van der Waals surface area contributed by atoms with Crippen LogP contribution in [0.4, 0.5) is 0 Å². The molecule has 0 spiro atoms. The first kappa shape index (κ1) is 32.3. The average Bonchev–Trinajstić information content (AvgIpc) is 3.56. The van der Waals surface area contributed by atoms with Crippen LogP contribution in [0.25, 0.3) is 44.4 Å². The zero-order valence-electron chi connectivity index (χ0n) is 27.8. The summed E-state index contributed by atoms with van der Waals surface area (Å²) < 4.78 is 16.0. The molecule has 0 aliphatic rings. The zero-order chi connectivity index (χ0) is 32.3. The molecule has 6 nitrogen and oxygen atoms in total. The Hall–Kier alpha value is -4.67. The summed E-state index contributed by atoms with van der Waals surface area (Å²) in [5.41, 5.74) is 13.9. The molecule has 7 rings (SSSR count). The normalized spacial score (nSPS) is 11.2. The monoisotopic (exact) mass is 799 g/mol. The van der Waals surface area contributed by atoms with E-state index in [4.69, 9.17) is 14.6 Å². The molecule has 0 saturated carbocycles. The Morgan fingerprint density at radius 3 is 2.13 bits per heavy atom. The Balaban J connectivity index is 0.00000386. The number of aryl methyl sites for hydroxylation is 1. The van der Waals surface area contributed by atoms with E-state index in [1.54, 1.807) is 13.3 Å². The summed E-state index contributed by atoms with van der Waals surface area (Å²) in [7, 11) is 1.66. The van der Waals surface area contributed by atoms with Crippen molar-refractivity contribution >= 4 is 21.8 Å². The fraction of sp³-hybridized carbons (Fsp3) is 0.200. The number of para-hydroxylation sites is 1. The molecule has 0 fully saturated rings. The second-order valence-corrected chi connectivity index (χ2v) is 12.0. The fourth-order valence-electron chi connectivity index (χ4n) is 6.67. The second kappa shape index (κ2) is 12.5. The number of hydrogen-bond acceptors (Lipinski definition) is 4. The summed E-state index contributed by atoms with van der Waals surface area (Å²) in [6.45, 7) is 15.3. The third-order valence-electron chi connectivity index (χ3n) is 9.48. The molecule has 47 heavy (non-hydrogen) atoms. The Kier molecular flexibility index (Phi) is 8.58. The van der Waals surface area contributed by atoms with Crippen molar-refractivity contribution in [2.45, 2.75) is 48.5 Å². The molecule has 0 amide bonds. The summed E-state index contributed by atoms with van der Waals surface area (Å²) in [6.07, 6.45) is 1.75. The first-order valence-electron chi connectivity index (χ1n) is 15.5. The second-order valence-electron chi connectivity index (χ2n) is 12.0. The van der Waals surface area contributed by atoms with Gasteiger partial charge in [0, 0.05) is 40.5 Å². The topological polar surface area (TPSA) is 54.1 Å². The van der Waals surface area contributed by atoms with Gasteiger partial charge in [-0.25, -0.2) is 4.98 Å². The molecule has 0 saturated heterocycles. The number of pyridine rings is 1. The first-order chi connectivity index (χ1) is 22.2. The fourth-order valence-corrected chi connectivity index (χ4v) is 6.67. The van der Waals surface area contributed by atoms with Crippen molar-refractivity contribution in [2.24, 2.45) is 0 Å². The maximum Gasteiger partial charge on any atom is 2.00 e. The van der Waals surface area contributed by atoms with Crippen LogP contribution in [-0.4, -0.2) is 26.4 Å². The van der Waals surface area contributed by atoms with Crippen LogP contribution >= 0.6 is 0 Å². The molecule has 0 aliphatic carbocycles. The van der Waals surface area contributed by atoms with Crippen molar-refractivity contribution in [3.8, 4) is 39.9 Å². The van der Waals surface area contributed by atoms with Crippen molar-refractivity contribution < 1.29 is 30.5 Å². The van der Waals surface area contributed by atoms with E-state index in [0.29, 0.717) is 11.5 Å². The van der Waals surface area contributed by atoms with Gasteiger partial charge in [-0.1, -0.05) is 23.7 Å². The van der Waals surface area contributed by atoms with Gasteiger partial charge in [-0.3, -0.25) is 4.68 Å². The van der Waals surface area contributed by atoms with E-state index in [1.165, 1.54) is 38.9 Å². The van der Waals surface area contributed by atoms with Crippen molar-refractivity contribution in [3.63, 3.8) is 0 Å². The van der Waals surface area contributed by atoms with Gasteiger partial charge in [0.2, 0.25) is 0 Å². The number of fused-ring (bicyclic) bond motifs is 3. The number of ether oxygens (including phenoxy) is 2. The van der Waals surface area contributed by atoms with Gasteiger partial charge < -0.3 is 14.0 Å². The van der Waals surface area contributed by atoms with Gasteiger partial charge in [0.25, 0.3) is 0 Å². The predicted octanol–water partition coefficient (Wildman–Crippen LogP) is 9.59. The number of benzene rings is 4. The Bertz CT molecular complexity index is 2290. The molecule has 7 aromatic rings. The molecule has 0 aliphatic heterocycles. The molecular weight excluding hydrogens is 764 g/mol. The molecule has 0 N–H and O–H groups in total. The van der Waals surface area contributed by atoms with Crippen LogP contribution in [0.1, 0.15) is 39.2 Å². The summed E-state index contributed by atoms with van der Waals surface area (Å²) in [6, 6.07) is 29.0. The Labute approximate surface area is 290 Å². The van der Waals surface area contributed by atoms with Crippen LogP contribution in [0.15, 0.2) is 72.9 Å². The number of rotatable bonds is 6. The van der Waals surface area contributed by atoms with Crippen LogP contribution < -0.4 is 9.47 Å².